The van der Waals surface area contributed by atoms with Gasteiger partial charge in [-0.25, -0.2) is 0 Å². The number of hydrogen-bond donors (Lipinski definition) is 1. The SMILES string of the molecule is COc1ccc(CCN2C(=O)C(=O)C(=C(O)c3ccc(Br)cc3)[C@@H]2c2ccc(Br)cc2)cc1OC. The van der Waals surface area contributed by atoms with Gasteiger partial charge in [0.2, 0.25) is 0 Å². The number of rotatable bonds is 7. The molecule has 1 aliphatic heterocycles. The van der Waals surface area contributed by atoms with Crippen LogP contribution in [0.25, 0.3) is 5.76 Å². The van der Waals surface area contributed by atoms with E-state index in [-0.39, 0.29) is 17.9 Å². The Morgan fingerprint density at radius 3 is 2.09 bits per heavy atom. The van der Waals surface area contributed by atoms with Crippen molar-refractivity contribution in [1.29, 1.82) is 0 Å². The molecule has 1 amide bonds. The molecular formula is C27H23Br2NO5. The smallest absolute Gasteiger partial charge is 0.295 e. The fraction of sp³-hybridized carbons (Fsp3) is 0.185. The number of halogens is 2. The molecule has 6 nitrogen and oxygen atoms in total. The molecular weight excluding hydrogens is 578 g/mol. The van der Waals surface area contributed by atoms with Gasteiger partial charge in [-0.3, -0.25) is 9.59 Å². The number of Topliss-reactive ketones (excluding diaryl/α,β-unsaturated/α-hetero) is 1. The van der Waals surface area contributed by atoms with Crippen molar-refractivity contribution in [2.24, 2.45) is 0 Å². The third-order valence-corrected chi connectivity index (χ3v) is 6.99. The Kier molecular flexibility index (Phi) is 7.62. The first-order chi connectivity index (χ1) is 16.8. The van der Waals surface area contributed by atoms with Crippen LogP contribution < -0.4 is 9.47 Å². The second kappa shape index (κ2) is 10.7. The number of carbonyl (C=O) groups excluding carboxylic acids is 2. The molecule has 0 radical (unpaired) electrons. The van der Waals surface area contributed by atoms with E-state index in [0.717, 1.165) is 20.1 Å². The summed E-state index contributed by atoms with van der Waals surface area (Å²) in [6.07, 6.45) is 0.485. The summed E-state index contributed by atoms with van der Waals surface area (Å²) in [6, 6.07) is 19.2. The van der Waals surface area contributed by atoms with Gasteiger partial charge in [-0.1, -0.05) is 62.2 Å². The lowest BCUT2D eigenvalue weighted by molar-refractivity contribution is -0.139. The zero-order chi connectivity index (χ0) is 25.1. The quantitative estimate of drug-likeness (QED) is 0.208. The summed E-state index contributed by atoms with van der Waals surface area (Å²) in [7, 11) is 3.14. The minimum absolute atomic E-state index is 0.0759. The highest BCUT2D eigenvalue weighted by molar-refractivity contribution is 9.10. The van der Waals surface area contributed by atoms with E-state index in [1.807, 2.05) is 42.5 Å². The molecule has 1 aliphatic rings. The molecule has 3 aromatic carbocycles. The summed E-state index contributed by atoms with van der Waals surface area (Å²) < 4.78 is 12.4. The Morgan fingerprint density at radius 2 is 1.49 bits per heavy atom. The fourth-order valence-corrected chi connectivity index (χ4v) is 4.68. The Morgan fingerprint density at radius 1 is 0.886 bits per heavy atom. The van der Waals surface area contributed by atoms with Crippen LogP contribution in [0.3, 0.4) is 0 Å². The second-order valence-electron chi connectivity index (χ2n) is 7.99. The van der Waals surface area contributed by atoms with Crippen LogP contribution in [0.1, 0.15) is 22.7 Å². The molecule has 0 bridgehead atoms. The Labute approximate surface area is 220 Å². The molecule has 1 atom stereocenters. The maximum absolute atomic E-state index is 13.2. The van der Waals surface area contributed by atoms with Crippen LogP contribution in [0.2, 0.25) is 0 Å². The molecule has 0 spiro atoms. The van der Waals surface area contributed by atoms with Crippen molar-refractivity contribution in [2.75, 3.05) is 20.8 Å². The van der Waals surface area contributed by atoms with Crippen molar-refractivity contribution in [3.8, 4) is 11.5 Å². The minimum atomic E-state index is -0.716. The molecule has 0 aromatic heterocycles. The van der Waals surface area contributed by atoms with Gasteiger partial charge >= 0.3 is 0 Å². The van der Waals surface area contributed by atoms with Gasteiger partial charge in [-0.15, -0.1) is 0 Å². The number of aliphatic hydroxyl groups is 1. The number of hydrogen-bond acceptors (Lipinski definition) is 5. The first kappa shape index (κ1) is 25.0. The summed E-state index contributed by atoms with van der Waals surface area (Å²) in [6.45, 7) is 0.276. The van der Waals surface area contributed by atoms with Crippen LogP contribution in [0.15, 0.2) is 81.2 Å². The molecule has 3 aromatic rings. The third kappa shape index (κ3) is 5.13. The van der Waals surface area contributed by atoms with E-state index in [4.69, 9.17) is 9.47 Å². The largest absolute Gasteiger partial charge is 0.507 e. The summed E-state index contributed by atoms with van der Waals surface area (Å²) in [5.74, 6) is -0.340. The number of ether oxygens (including phenoxy) is 2. The highest BCUT2D eigenvalue weighted by Gasteiger charge is 2.45. The average molecular weight is 601 g/mol. The van der Waals surface area contributed by atoms with Gasteiger partial charge in [-0.2, -0.15) is 0 Å². The minimum Gasteiger partial charge on any atom is -0.507 e. The van der Waals surface area contributed by atoms with E-state index < -0.39 is 17.7 Å². The molecule has 1 saturated heterocycles. The Hall–Kier alpha value is -3.10. The zero-order valence-corrected chi connectivity index (χ0v) is 22.3. The molecule has 35 heavy (non-hydrogen) atoms. The van der Waals surface area contributed by atoms with Gasteiger partial charge in [-0.05, 0) is 53.9 Å². The van der Waals surface area contributed by atoms with Crippen LogP contribution in [0.4, 0.5) is 0 Å². The Bertz CT molecular complexity index is 1290. The fourth-order valence-electron chi connectivity index (χ4n) is 4.15. The molecule has 180 valence electrons. The van der Waals surface area contributed by atoms with Gasteiger partial charge in [0.25, 0.3) is 11.7 Å². The van der Waals surface area contributed by atoms with Crippen LogP contribution in [-0.2, 0) is 16.0 Å². The van der Waals surface area contributed by atoms with Crippen LogP contribution in [-0.4, -0.2) is 42.5 Å². The standard InChI is InChI=1S/C27H23Br2NO5/c1-34-21-12-3-16(15-22(21)35-2)13-14-30-24(17-4-8-19(28)9-5-17)23(26(32)27(30)33)25(31)18-6-10-20(29)11-7-18/h3-12,15,24,31H,13-14H2,1-2H3/t24-/m0/s1. The molecule has 0 saturated carbocycles. The van der Waals surface area contributed by atoms with E-state index in [2.05, 4.69) is 31.9 Å². The summed E-state index contributed by atoms with van der Waals surface area (Å²) in [5, 5.41) is 11.1. The van der Waals surface area contributed by atoms with Gasteiger partial charge in [0.15, 0.2) is 11.5 Å². The summed E-state index contributed by atoms with van der Waals surface area (Å²) in [4.78, 5) is 27.9. The number of aliphatic hydroxyl groups excluding tert-OH is 1. The lowest BCUT2D eigenvalue weighted by Crippen LogP contribution is -2.31. The van der Waals surface area contributed by atoms with Crippen molar-refractivity contribution < 1.29 is 24.2 Å². The number of likely N-dealkylation sites (tertiary alicyclic amines) is 1. The van der Waals surface area contributed by atoms with E-state index in [9.17, 15) is 14.7 Å². The normalized spacial score (nSPS) is 17.0. The van der Waals surface area contributed by atoms with Crippen LogP contribution in [0, 0.1) is 0 Å². The number of benzene rings is 3. The van der Waals surface area contributed by atoms with E-state index in [1.165, 1.54) is 4.90 Å². The van der Waals surface area contributed by atoms with Gasteiger partial charge in [0.1, 0.15) is 5.76 Å². The number of amides is 1. The average Bonchev–Trinajstić information content (AvgIpc) is 3.12. The summed E-state index contributed by atoms with van der Waals surface area (Å²) >= 11 is 6.81. The summed E-state index contributed by atoms with van der Waals surface area (Å²) in [5.41, 5.74) is 2.20. The lowest BCUT2D eigenvalue weighted by Gasteiger charge is -2.25. The second-order valence-corrected chi connectivity index (χ2v) is 9.82. The highest BCUT2D eigenvalue weighted by atomic mass is 79.9. The predicted molar refractivity (Wildman–Crippen MR) is 141 cm³/mol. The maximum atomic E-state index is 13.2. The van der Waals surface area contributed by atoms with Crippen molar-refractivity contribution in [3.05, 3.63) is 97.9 Å². The monoisotopic (exact) mass is 599 g/mol. The number of methoxy groups -OCH3 is 2. The highest BCUT2D eigenvalue weighted by Crippen LogP contribution is 2.40. The van der Waals surface area contributed by atoms with Crippen LogP contribution in [0.5, 0.6) is 11.5 Å². The maximum Gasteiger partial charge on any atom is 0.295 e. The van der Waals surface area contributed by atoms with Crippen molar-refractivity contribution in [2.45, 2.75) is 12.5 Å². The third-order valence-electron chi connectivity index (χ3n) is 5.93. The molecule has 0 unspecified atom stereocenters. The topological polar surface area (TPSA) is 76.1 Å². The van der Waals surface area contributed by atoms with Crippen LogP contribution >= 0.6 is 31.9 Å². The number of carbonyl (C=O) groups is 2. The lowest BCUT2D eigenvalue weighted by atomic mass is 9.95. The van der Waals surface area contributed by atoms with Gasteiger partial charge in [0, 0.05) is 21.1 Å². The van der Waals surface area contributed by atoms with Crippen molar-refractivity contribution >= 4 is 49.3 Å². The molecule has 8 heteroatoms. The molecule has 0 aliphatic carbocycles. The number of nitrogens with zero attached hydrogens (tertiary/aromatic N) is 1. The van der Waals surface area contributed by atoms with Crippen molar-refractivity contribution in [3.63, 3.8) is 0 Å². The van der Waals surface area contributed by atoms with Gasteiger partial charge < -0.3 is 19.5 Å². The molecule has 1 N–H and O–H groups in total. The Balaban J connectivity index is 1.73. The van der Waals surface area contributed by atoms with Crippen molar-refractivity contribution in [1.82, 2.24) is 4.90 Å². The first-order valence-electron chi connectivity index (χ1n) is 10.8. The first-order valence-corrected chi connectivity index (χ1v) is 12.4. The zero-order valence-electron chi connectivity index (χ0n) is 19.1. The predicted octanol–water partition coefficient (Wildman–Crippen LogP) is 5.89. The molecule has 1 heterocycles. The molecule has 1 fully saturated rings. The number of ketones is 1. The van der Waals surface area contributed by atoms with E-state index >= 15 is 0 Å². The van der Waals surface area contributed by atoms with E-state index in [0.29, 0.717) is 23.5 Å². The van der Waals surface area contributed by atoms with E-state index in [1.54, 1.807) is 38.5 Å². The van der Waals surface area contributed by atoms with Gasteiger partial charge in [0.05, 0.1) is 25.8 Å². The molecule has 4 rings (SSSR count).